The molecule has 0 aliphatic heterocycles. The highest BCUT2D eigenvalue weighted by atomic mass is 16.5. The van der Waals surface area contributed by atoms with E-state index < -0.39 is 0 Å². The molecule has 2 heterocycles. The number of carbonyl (C=O) groups excluding carboxylic acids is 1. The van der Waals surface area contributed by atoms with Gasteiger partial charge in [0.25, 0.3) is 0 Å². The lowest BCUT2D eigenvalue weighted by atomic mass is 10.1. The predicted molar refractivity (Wildman–Crippen MR) is 121 cm³/mol. The highest BCUT2D eigenvalue weighted by Crippen LogP contribution is 2.14. The number of hydrogen-bond acceptors (Lipinski definition) is 5. The Morgan fingerprint density at radius 3 is 2.59 bits per heavy atom. The van der Waals surface area contributed by atoms with Crippen molar-refractivity contribution in [1.29, 1.82) is 0 Å². The zero-order chi connectivity index (χ0) is 22.7. The highest BCUT2D eigenvalue weighted by molar-refractivity contribution is 5.76. The van der Waals surface area contributed by atoms with E-state index in [0.717, 1.165) is 28.1 Å². The summed E-state index contributed by atoms with van der Waals surface area (Å²) in [4.78, 5) is 25.3. The van der Waals surface area contributed by atoms with Crippen molar-refractivity contribution in [1.82, 2.24) is 24.5 Å². The second-order valence-electron chi connectivity index (χ2n) is 7.76. The van der Waals surface area contributed by atoms with Crippen LogP contribution in [0.3, 0.4) is 0 Å². The number of fused-ring (bicyclic) bond motifs is 1. The van der Waals surface area contributed by atoms with E-state index in [1.54, 1.807) is 28.5 Å². The second kappa shape index (κ2) is 9.05. The molecule has 8 nitrogen and oxygen atoms in total. The number of nitrogens with zero attached hydrogens (tertiary/aromatic N) is 4. The van der Waals surface area contributed by atoms with Gasteiger partial charge in [-0.1, -0.05) is 18.2 Å². The molecule has 0 atom stereocenters. The van der Waals surface area contributed by atoms with Crippen LogP contribution < -0.4 is 15.6 Å². The molecule has 0 saturated carbocycles. The number of ether oxygens (including phenoxy) is 1. The third-order valence-corrected chi connectivity index (χ3v) is 5.23. The number of nitrogens with one attached hydrogen (secondary N) is 1. The lowest BCUT2D eigenvalue weighted by Gasteiger charge is -2.09. The van der Waals surface area contributed by atoms with Gasteiger partial charge in [0.1, 0.15) is 11.6 Å². The van der Waals surface area contributed by atoms with Crippen molar-refractivity contribution in [2.45, 2.75) is 33.2 Å². The first-order valence-corrected chi connectivity index (χ1v) is 10.4. The number of methoxy groups -OCH3 is 1. The molecular formula is C24H25N5O3. The molecule has 0 fully saturated rings. The van der Waals surface area contributed by atoms with Crippen LogP contribution in [0.1, 0.15) is 28.9 Å². The lowest BCUT2D eigenvalue weighted by Crippen LogP contribution is -2.23. The van der Waals surface area contributed by atoms with Gasteiger partial charge < -0.3 is 10.1 Å². The Balaban J connectivity index is 1.45. The standard InChI is InChI=1S/C24H25N5O3/c1-16-11-17(2)13-19(12-16)28-9-10-29-21(26-27-23(29)24(28)31)7-8-22(30)25-15-18-5-4-6-20(14-18)32-3/h4-6,9-14H,7-8,15H2,1-3H3,(H,25,30). The van der Waals surface area contributed by atoms with Crippen molar-refractivity contribution in [2.24, 2.45) is 0 Å². The molecule has 0 aliphatic carbocycles. The van der Waals surface area contributed by atoms with Gasteiger partial charge in [0.05, 0.1) is 7.11 Å². The average molecular weight is 431 g/mol. The summed E-state index contributed by atoms with van der Waals surface area (Å²) in [5, 5.41) is 11.1. The van der Waals surface area contributed by atoms with Crippen LogP contribution in [0.5, 0.6) is 5.75 Å². The number of carbonyl (C=O) groups is 1. The number of aryl methyl sites for hydroxylation is 3. The van der Waals surface area contributed by atoms with Gasteiger partial charge >= 0.3 is 5.56 Å². The molecule has 0 bridgehead atoms. The summed E-state index contributed by atoms with van der Waals surface area (Å²) in [6.07, 6.45) is 4.08. The molecule has 164 valence electrons. The van der Waals surface area contributed by atoms with Crippen LogP contribution in [-0.2, 0) is 17.8 Å². The van der Waals surface area contributed by atoms with E-state index in [-0.39, 0.29) is 23.5 Å². The number of benzene rings is 2. The Morgan fingerprint density at radius 1 is 1.06 bits per heavy atom. The predicted octanol–water partition coefficient (Wildman–Crippen LogP) is 2.75. The van der Waals surface area contributed by atoms with Crippen LogP contribution in [0.2, 0.25) is 0 Å². The Hall–Kier alpha value is -3.94. The largest absolute Gasteiger partial charge is 0.497 e. The SMILES string of the molecule is COc1cccc(CNC(=O)CCc2nnc3c(=O)n(-c4cc(C)cc(C)c4)ccn23)c1. The third-order valence-electron chi connectivity index (χ3n) is 5.23. The Morgan fingerprint density at radius 2 is 1.84 bits per heavy atom. The molecule has 2 aromatic heterocycles. The molecule has 1 amide bonds. The van der Waals surface area contributed by atoms with Crippen molar-refractivity contribution in [3.8, 4) is 11.4 Å². The van der Waals surface area contributed by atoms with Crippen molar-refractivity contribution in [3.63, 3.8) is 0 Å². The van der Waals surface area contributed by atoms with E-state index in [0.29, 0.717) is 18.8 Å². The maximum atomic E-state index is 13.0. The summed E-state index contributed by atoms with van der Waals surface area (Å²) in [6.45, 7) is 4.40. The highest BCUT2D eigenvalue weighted by Gasteiger charge is 2.13. The molecule has 0 radical (unpaired) electrons. The smallest absolute Gasteiger partial charge is 0.300 e. The van der Waals surface area contributed by atoms with E-state index >= 15 is 0 Å². The fourth-order valence-electron chi connectivity index (χ4n) is 3.70. The molecule has 1 N–H and O–H groups in total. The van der Waals surface area contributed by atoms with Crippen LogP contribution in [0.25, 0.3) is 11.3 Å². The summed E-state index contributed by atoms with van der Waals surface area (Å²) in [7, 11) is 1.61. The maximum absolute atomic E-state index is 13.0. The molecule has 0 saturated heterocycles. The molecular weight excluding hydrogens is 406 g/mol. The third kappa shape index (κ3) is 4.54. The number of aromatic nitrogens is 4. The zero-order valence-electron chi connectivity index (χ0n) is 18.3. The van der Waals surface area contributed by atoms with Gasteiger partial charge in [0.2, 0.25) is 11.6 Å². The van der Waals surface area contributed by atoms with Crippen molar-refractivity contribution < 1.29 is 9.53 Å². The minimum absolute atomic E-state index is 0.104. The minimum Gasteiger partial charge on any atom is -0.497 e. The molecule has 0 unspecified atom stereocenters. The summed E-state index contributed by atoms with van der Waals surface area (Å²) in [5.74, 6) is 1.22. The molecule has 0 spiro atoms. The van der Waals surface area contributed by atoms with Crippen LogP contribution in [-0.4, -0.2) is 32.2 Å². The summed E-state index contributed by atoms with van der Waals surface area (Å²) in [5.41, 5.74) is 3.88. The fourth-order valence-corrected chi connectivity index (χ4v) is 3.70. The van der Waals surface area contributed by atoms with Crippen molar-refractivity contribution in [3.05, 3.63) is 87.7 Å². The van der Waals surface area contributed by atoms with E-state index in [1.165, 1.54) is 0 Å². The van der Waals surface area contributed by atoms with Gasteiger partial charge in [-0.25, -0.2) is 0 Å². The van der Waals surface area contributed by atoms with Gasteiger partial charge in [-0.2, -0.15) is 0 Å². The Labute approximate surface area is 185 Å². The Bertz CT molecular complexity index is 1320. The maximum Gasteiger partial charge on any atom is 0.300 e. The summed E-state index contributed by atoms with van der Waals surface area (Å²) < 4.78 is 8.41. The fraction of sp³-hybridized carbons (Fsp3) is 0.250. The van der Waals surface area contributed by atoms with Crippen molar-refractivity contribution in [2.75, 3.05) is 7.11 Å². The quantitative estimate of drug-likeness (QED) is 0.486. The number of hydrogen-bond donors (Lipinski definition) is 1. The Kier molecular flexibility index (Phi) is 6.02. The lowest BCUT2D eigenvalue weighted by molar-refractivity contribution is -0.121. The first-order valence-electron chi connectivity index (χ1n) is 10.4. The van der Waals surface area contributed by atoms with Crippen LogP contribution in [0.4, 0.5) is 0 Å². The van der Waals surface area contributed by atoms with Crippen LogP contribution in [0.15, 0.2) is 59.7 Å². The molecule has 32 heavy (non-hydrogen) atoms. The molecule has 4 aromatic rings. The second-order valence-corrected chi connectivity index (χ2v) is 7.76. The topological polar surface area (TPSA) is 90.5 Å². The average Bonchev–Trinajstić information content (AvgIpc) is 3.20. The monoisotopic (exact) mass is 431 g/mol. The van der Waals surface area contributed by atoms with E-state index in [4.69, 9.17) is 4.74 Å². The normalized spacial score (nSPS) is 11.0. The van der Waals surface area contributed by atoms with Crippen LogP contribution in [0, 0.1) is 13.8 Å². The van der Waals surface area contributed by atoms with Gasteiger partial charge in [0, 0.05) is 37.5 Å². The summed E-state index contributed by atoms with van der Waals surface area (Å²) >= 11 is 0. The number of amides is 1. The van der Waals surface area contributed by atoms with Gasteiger partial charge in [0.15, 0.2) is 0 Å². The summed E-state index contributed by atoms with van der Waals surface area (Å²) in [6, 6.07) is 13.5. The van der Waals surface area contributed by atoms with Gasteiger partial charge in [-0.3, -0.25) is 18.6 Å². The first-order chi connectivity index (χ1) is 15.4. The molecule has 0 aliphatic rings. The first kappa shape index (κ1) is 21.3. The van der Waals surface area contributed by atoms with Gasteiger partial charge in [-0.15, -0.1) is 10.2 Å². The van der Waals surface area contributed by atoms with E-state index in [2.05, 4.69) is 21.6 Å². The van der Waals surface area contributed by atoms with E-state index in [1.807, 2.05) is 50.2 Å². The van der Waals surface area contributed by atoms with Gasteiger partial charge in [-0.05, 0) is 54.8 Å². The minimum atomic E-state index is -0.251. The number of rotatable bonds is 7. The van der Waals surface area contributed by atoms with Crippen molar-refractivity contribution >= 4 is 11.6 Å². The molecule has 2 aromatic carbocycles. The molecule has 8 heteroatoms. The van der Waals surface area contributed by atoms with Crippen LogP contribution >= 0.6 is 0 Å². The molecule has 4 rings (SSSR count). The van der Waals surface area contributed by atoms with E-state index in [9.17, 15) is 9.59 Å². The zero-order valence-corrected chi connectivity index (χ0v) is 18.3.